The van der Waals surface area contributed by atoms with Crippen LogP contribution in [0.2, 0.25) is 5.02 Å². The Kier molecular flexibility index (Phi) is 3.99. The Labute approximate surface area is 128 Å². The molecule has 5 nitrogen and oxygen atoms in total. The minimum Gasteiger partial charge on any atom is -0.339 e. The molecule has 0 saturated carbocycles. The van der Waals surface area contributed by atoms with Gasteiger partial charge < -0.3 is 4.52 Å². The molecular formula is C14H15ClN2O3S. The van der Waals surface area contributed by atoms with Crippen LogP contribution < -0.4 is 0 Å². The van der Waals surface area contributed by atoms with E-state index in [4.69, 9.17) is 16.1 Å². The van der Waals surface area contributed by atoms with Gasteiger partial charge in [-0.3, -0.25) is 0 Å². The second-order valence-electron chi connectivity index (χ2n) is 5.38. The Morgan fingerprint density at radius 2 is 2.05 bits per heavy atom. The first-order valence-corrected chi connectivity index (χ1v) is 8.96. The molecule has 1 aromatic heterocycles. The second kappa shape index (κ2) is 5.77. The molecule has 112 valence electrons. The SMILES string of the molecule is O=S1(=O)CC[C@@H](Cc2nc(Cc3ccc(Cl)cc3)no2)C1. The molecular weight excluding hydrogens is 312 g/mol. The minimum atomic E-state index is -2.86. The van der Waals surface area contributed by atoms with E-state index in [2.05, 4.69) is 10.1 Å². The van der Waals surface area contributed by atoms with E-state index in [-0.39, 0.29) is 17.4 Å². The van der Waals surface area contributed by atoms with Crippen LogP contribution in [-0.4, -0.2) is 30.1 Å². The van der Waals surface area contributed by atoms with Crippen molar-refractivity contribution in [2.75, 3.05) is 11.5 Å². The number of hydrogen-bond donors (Lipinski definition) is 0. The standard InChI is InChI=1S/C14H15ClN2O3S/c15-12-3-1-10(2-4-12)7-13-16-14(20-17-13)8-11-5-6-21(18,19)9-11/h1-4,11H,5-9H2/t11-/m0/s1. The molecule has 7 heteroatoms. The van der Waals surface area contributed by atoms with Crippen molar-refractivity contribution in [1.82, 2.24) is 10.1 Å². The summed E-state index contributed by atoms with van der Waals surface area (Å²) in [6, 6.07) is 7.48. The number of halogens is 1. The zero-order valence-electron chi connectivity index (χ0n) is 11.3. The molecule has 1 aromatic carbocycles. The summed E-state index contributed by atoms with van der Waals surface area (Å²) in [4.78, 5) is 4.33. The van der Waals surface area contributed by atoms with Crippen LogP contribution in [0.5, 0.6) is 0 Å². The van der Waals surface area contributed by atoms with Crippen LogP contribution in [0, 0.1) is 5.92 Å². The van der Waals surface area contributed by atoms with Crippen LogP contribution in [0.25, 0.3) is 0 Å². The third-order valence-electron chi connectivity index (χ3n) is 3.58. The predicted molar refractivity (Wildman–Crippen MR) is 79.0 cm³/mol. The van der Waals surface area contributed by atoms with Crippen LogP contribution >= 0.6 is 11.6 Å². The maximum Gasteiger partial charge on any atom is 0.226 e. The topological polar surface area (TPSA) is 73.1 Å². The molecule has 21 heavy (non-hydrogen) atoms. The summed E-state index contributed by atoms with van der Waals surface area (Å²) in [5, 5.41) is 4.63. The zero-order valence-corrected chi connectivity index (χ0v) is 12.9. The summed E-state index contributed by atoms with van der Waals surface area (Å²) in [7, 11) is -2.86. The van der Waals surface area contributed by atoms with E-state index in [0.29, 0.717) is 36.0 Å². The monoisotopic (exact) mass is 326 g/mol. The van der Waals surface area contributed by atoms with Gasteiger partial charge in [0, 0.05) is 17.9 Å². The van der Waals surface area contributed by atoms with Crippen LogP contribution in [-0.2, 0) is 22.7 Å². The number of benzene rings is 1. The molecule has 1 atom stereocenters. The van der Waals surface area contributed by atoms with Crippen molar-refractivity contribution in [3.63, 3.8) is 0 Å². The van der Waals surface area contributed by atoms with E-state index in [1.807, 2.05) is 24.3 Å². The summed E-state index contributed by atoms with van der Waals surface area (Å²) >= 11 is 5.84. The first-order valence-electron chi connectivity index (χ1n) is 6.76. The van der Waals surface area contributed by atoms with Crippen LogP contribution in [0.15, 0.2) is 28.8 Å². The van der Waals surface area contributed by atoms with Gasteiger partial charge in [-0.1, -0.05) is 28.9 Å². The smallest absolute Gasteiger partial charge is 0.226 e. The Bertz CT molecular complexity index is 725. The summed E-state index contributed by atoms with van der Waals surface area (Å²) in [6.45, 7) is 0. The van der Waals surface area contributed by atoms with E-state index in [9.17, 15) is 8.42 Å². The third kappa shape index (κ3) is 3.83. The van der Waals surface area contributed by atoms with Gasteiger partial charge in [-0.25, -0.2) is 8.42 Å². The van der Waals surface area contributed by atoms with Crippen LogP contribution in [0.1, 0.15) is 23.7 Å². The fraction of sp³-hybridized carbons (Fsp3) is 0.429. The fourth-order valence-electron chi connectivity index (χ4n) is 2.51. The van der Waals surface area contributed by atoms with Crippen molar-refractivity contribution in [2.45, 2.75) is 19.3 Å². The maximum absolute atomic E-state index is 11.4. The Hall–Kier alpha value is -1.40. The van der Waals surface area contributed by atoms with Gasteiger partial charge in [0.15, 0.2) is 15.7 Å². The minimum absolute atomic E-state index is 0.0961. The average molecular weight is 327 g/mol. The summed E-state index contributed by atoms with van der Waals surface area (Å²) in [6.07, 6.45) is 1.79. The summed E-state index contributed by atoms with van der Waals surface area (Å²) < 4.78 is 28.1. The van der Waals surface area contributed by atoms with Gasteiger partial charge in [0.1, 0.15) is 0 Å². The predicted octanol–water partition coefficient (Wildman–Crippen LogP) is 2.29. The second-order valence-corrected chi connectivity index (χ2v) is 8.05. The molecule has 3 rings (SSSR count). The quantitative estimate of drug-likeness (QED) is 0.862. The summed E-state index contributed by atoms with van der Waals surface area (Å²) in [5.41, 5.74) is 1.05. The van der Waals surface area contributed by atoms with Gasteiger partial charge in [-0.15, -0.1) is 0 Å². The number of rotatable bonds is 4. The van der Waals surface area contributed by atoms with Crippen LogP contribution in [0.3, 0.4) is 0 Å². The number of sulfone groups is 1. The molecule has 2 heterocycles. The van der Waals surface area contributed by atoms with Gasteiger partial charge in [-0.05, 0) is 30.0 Å². The molecule has 1 aliphatic rings. The van der Waals surface area contributed by atoms with Gasteiger partial charge in [0.25, 0.3) is 0 Å². The zero-order chi connectivity index (χ0) is 14.9. The summed E-state index contributed by atoms with van der Waals surface area (Å²) in [5.74, 6) is 1.71. The lowest BCUT2D eigenvalue weighted by Gasteiger charge is -2.01. The number of nitrogens with zero attached hydrogens (tertiary/aromatic N) is 2. The largest absolute Gasteiger partial charge is 0.339 e. The normalized spacial score (nSPS) is 20.7. The van der Waals surface area contributed by atoms with E-state index in [1.54, 1.807) is 0 Å². The molecule has 1 saturated heterocycles. The highest BCUT2D eigenvalue weighted by Crippen LogP contribution is 2.22. The number of hydrogen-bond acceptors (Lipinski definition) is 5. The average Bonchev–Trinajstić information content (AvgIpc) is 2.99. The first kappa shape index (κ1) is 14.5. The molecule has 1 aliphatic heterocycles. The van der Waals surface area contributed by atoms with Gasteiger partial charge in [0.05, 0.1) is 11.5 Å². The Morgan fingerprint density at radius 1 is 1.29 bits per heavy atom. The number of aromatic nitrogens is 2. The molecule has 0 N–H and O–H groups in total. The molecule has 0 radical (unpaired) electrons. The highest BCUT2D eigenvalue weighted by atomic mass is 35.5. The molecule has 0 spiro atoms. The molecule has 0 aliphatic carbocycles. The van der Waals surface area contributed by atoms with Crippen molar-refractivity contribution in [2.24, 2.45) is 5.92 Å². The molecule has 1 fully saturated rings. The van der Waals surface area contributed by atoms with Crippen LogP contribution in [0.4, 0.5) is 0 Å². The van der Waals surface area contributed by atoms with Gasteiger partial charge in [-0.2, -0.15) is 4.98 Å². The maximum atomic E-state index is 11.4. The Balaban J connectivity index is 1.62. The molecule has 0 bridgehead atoms. The lowest BCUT2D eigenvalue weighted by molar-refractivity contribution is 0.355. The fourth-order valence-corrected chi connectivity index (χ4v) is 4.50. The first-order chi connectivity index (χ1) is 10.00. The van der Waals surface area contributed by atoms with Crippen molar-refractivity contribution in [1.29, 1.82) is 0 Å². The van der Waals surface area contributed by atoms with Gasteiger partial charge in [0.2, 0.25) is 5.89 Å². The van der Waals surface area contributed by atoms with Crippen molar-refractivity contribution in [3.8, 4) is 0 Å². The lowest BCUT2D eigenvalue weighted by atomic mass is 10.1. The molecule has 2 aromatic rings. The highest BCUT2D eigenvalue weighted by molar-refractivity contribution is 7.91. The van der Waals surface area contributed by atoms with E-state index >= 15 is 0 Å². The van der Waals surface area contributed by atoms with Crippen molar-refractivity contribution < 1.29 is 12.9 Å². The van der Waals surface area contributed by atoms with E-state index in [1.165, 1.54) is 0 Å². The lowest BCUT2D eigenvalue weighted by Crippen LogP contribution is -2.07. The highest BCUT2D eigenvalue weighted by Gasteiger charge is 2.29. The van der Waals surface area contributed by atoms with Gasteiger partial charge >= 0.3 is 0 Å². The van der Waals surface area contributed by atoms with E-state index < -0.39 is 9.84 Å². The molecule has 0 amide bonds. The Morgan fingerprint density at radius 3 is 2.71 bits per heavy atom. The van der Waals surface area contributed by atoms with E-state index in [0.717, 1.165) is 5.56 Å². The van der Waals surface area contributed by atoms with Crippen molar-refractivity contribution in [3.05, 3.63) is 46.6 Å². The third-order valence-corrected chi connectivity index (χ3v) is 5.66. The van der Waals surface area contributed by atoms with Crippen molar-refractivity contribution >= 4 is 21.4 Å². The molecule has 0 unspecified atom stereocenters.